The lowest BCUT2D eigenvalue weighted by atomic mass is 9.98. The molecule has 164 valence electrons. The molecule has 32 heavy (non-hydrogen) atoms. The molecule has 0 aliphatic rings. The maximum Gasteiger partial charge on any atom is 0.262 e. The number of hydrogen-bond donors (Lipinski definition) is 1. The number of amides is 1. The third-order valence-electron chi connectivity index (χ3n) is 5.26. The van der Waals surface area contributed by atoms with Crippen LogP contribution in [0.15, 0.2) is 65.1 Å². The zero-order valence-corrected chi connectivity index (χ0v) is 19.2. The van der Waals surface area contributed by atoms with Gasteiger partial charge in [-0.3, -0.25) is 4.79 Å². The van der Waals surface area contributed by atoms with E-state index in [9.17, 15) is 4.79 Å². The molecule has 7 heteroatoms. The minimum Gasteiger partial charge on any atom is -0.484 e. The van der Waals surface area contributed by atoms with Crippen molar-refractivity contribution in [3.8, 4) is 17.2 Å². The lowest BCUT2D eigenvalue weighted by Crippen LogP contribution is -2.20. The number of oxazole rings is 1. The molecule has 0 radical (unpaired) electrons. The van der Waals surface area contributed by atoms with Gasteiger partial charge in [0, 0.05) is 10.6 Å². The number of rotatable bonds is 7. The van der Waals surface area contributed by atoms with Gasteiger partial charge in [-0.1, -0.05) is 43.1 Å². The van der Waals surface area contributed by atoms with Gasteiger partial charge in [-0.05, 0) is 72.5 Å². The SMILES string of the molecule is CC[C@@H](C)c1ccc2oc(-c3ccc(Cl)c(NC(=O)COc4ccc(Cl)cc4)c3)nc2c1. The first kappa shape index (κ1) is 22.2. The average molecular weight is 469 g/mol. The fraction of sp³-hybridized carbons (Fsp3) is 0.200. The summed E-state index contributed by atoms with van der Waals surface area (Å²) in [5, 5.41) is 3.78. The smallest absolute Gasteiger partial charge is 0.262 e. The molecule has 0 spiro atoms. The second-order valence-corrected chi connectivity index (χ2v) is 8.38. The monoisotopic (exact) mass is 468 g/mol. The molecule has 0 saturated carbocycles. The summed E-state index contributed by atoms with van der Waals surface area (Å²) in [6.45, 7) is 4.18. The van der Waals surface area contributed by atoms with Gasteiger partial charge < -0.3 is 14.5 Å². The Labute approximate surface area is 196 Å². The molecule has 1 amide bonds. The summed E-state index contributed by atoms with van der Waals surface area (Å²) in [4.78, 5) is 17.0. The summed E-state index contributed by atoms with van der Waals surface area (Å²) in [7, 11) is 0. The maximum absolute atomic E-state index is 12.4. The van der Waals surface area contributed by atoms with Gasteiger partial charge in [-0.15, -0.1) is 0 Å². The van der Waals surface area contributed by atoms with Crippen molar-refractivity contribution < 1.29 is 13.9 Å². The first-order valence-electron chi connectivity index (χ1n) is 10.3. The molecule has 1 aromatic heterocycles. The van der Waals surface area contributed by atoms with Crippen LogP contribution in [0.1, 0.15) is 31.7 Å². The molecule has 0 unspecified atom stereocenters. The highest BCUT2D eigenvalue weighted by atomic mass is 35.5. The Morgan fingerprint density at radius 1 is 1.09 bits per heavy atom. The zero-order chi connectivity index (χ0) is 22.7. The number of benzene rings is 3. The third-order valence-corrected chi connectivity index (χ3v) is 5.85. The van der Waals surface area contributed by atoms with E-state index in [0.29, 0.717) is 44.4 Å². The van der Waals surface area contributed by atoms with Gasteiger partial charge in [0.15, 0.2) is 12.2 Å². The van der Waals surface area contributed by atoms with Crippen molar-refractivity contribution in [1.82, 2.24) is 4.98 Å². The van der Waals surface area contributed by atoms with Crippen molar-refractivity contribution in [2.24, 2.45) is 0 Å². The van der Waals surface area contributed by atoms with Crippen LogP contribution in [0.2, 0.25) is 10.0 Å². The topological polar surface area (TPSA) is 64.4 Å². The van der Waals surface area contributed by atoms with Gasteiger partial charge >= 0.3 is 0 Å². The molecule has 5 nitrogen and oxygen atoms in total. The Kier molecular flexibility index (Phi) is 6.68. The fourth-order valence-electron chi connectivity index (χ4n) is 3.23. The van der Waals surface area contributed by atoms with Gasteiger partial charge in [0.2, 0.25) is 5.89 Å². The van der Waals surface area contributed by atoms with Gasteiger partial charge in [0.1, 0.15) is 11.3 Å². The average Bonchev–Trinajstić information content (AvgIpc) is 3.23. The lowest BCUT2D eigenvalue weighted by Gasteiger charge is -2.10. The number of ether oxygens (including phenoxy) is 1. The van der Waals surface area contributed by atoms with E-state index in [1.807, 2.05) is 12.1 Å². The molecule has 0 fully saturated rings. The Bertz CT molecular complexity index is 1250. The minimum atomic E-state index is -0.338. The van der Waals surface area contributed by atoms with Crippen molar-refractivity contribution in [2.75, 3.05) is 11.9 Å². The molecule has 1 heterocycles. The van der Waals surface area contributed by atoms with Crippen molar-refractivity contribution in [3.05, 3.63) is 76.3 Å². The fourth-order valence-corrected chi connectivity index (χ4v) is 3.52. The first-order valence-corrected chi connectivity index (χ1v) is 11.1. The van der Waals surface area contributed by atoms with Crippen LogP contribution < -0.4 is 10.1 Å². The van der Waals surface area contributed by atoms with Crippen LogP contribution >= 0.6 is 23.2 Å². The second kappa shape index (κ2) is 9.63. The Hall–Kier alpha value is -3.02. The van der Waals surface area contributed by atoms with E-state index in [0.717, 1.165) is 11.9 Å². The third kappa shape index (κ3) is 5.06. The summed E-state index contributed by atoms with van der Waals surface area (Å²) in [6.07, 6.45) is 1.05. The van der Waals surface area contributed by atoms with Crippen molar-refractivity contribution in [1.29, 1.82) is 0 Å². The summed E-state index contributed by atoms with van der Waals surface area (Å²) in [5.41, 5.74) is 3.91. The molecular formula is C25H22Cl2N2O3. The molecule has 0 aliphatic heterocycles. The molecule has 0 aliphatic carbocycles. The van der Waals surface area contributed by atoms with E-state index < -0.39 is 0 Å². The highest BCUT2D eigenvalue weighted by Gasteiger charge is 2.14. The molecule has 4 rings (SSSR count). The van der Waals surface area contributed by atoms with Gasteiger partial charge in [-0.25, -0.2) is 4.98 Å². The van der Waals surface area contributed by atoms with E-state index in [1.54, 1.807) is 36.4 Å². The maximum atomic E-state index is 12.4. The van der Waals surface area contributed by atoms with Crippen molar-refractivity contribution >= 4 is 45.9 Å². The second-order valence-electron chi connectivity index (χ2n) is 7.54. The van der Waals surface area contributed by atoms with E-state index in [1.165, 1.54) is 5.56 Å². The molecule has 1 N–H and O–H groups in total. The Morgan fingerprint density at radius 2 is 1.88 bits per heavy atom. The number of hydrogen-bond acceptors (Lipinski definition) is 4. The summed E-state index contributed by atoms with van der Waals surface area (Å²) < 4.78 is 11.4. The van der Waals surface area contributed by atoms with E-state index in [-0.39, 0.29) is 12.5 Å². The van der Waals surface area contributed by atoms with E-state index >= 15 is 0 Å². The number of carbonyl (C=O) groups excluding carboxylic acids is 1. The molecule has 4 aromatic rings. The van der Waals surface area contributed by atoms with Crippen LogP contribution in [-0.4, -0.2) is 17.5 Å². The standard InChI is InChI=1S/C25H22Cl2N2O3/c1-3-15(2)16-5-11-23-22(12-16)29-25(32-23)17-4-10-20(27)21(13-17)28-24(30)14-31-19-8-6-18(26)7-9-19/h4-13,15H,3,14H2,1-2H3,(H,28,30)/t15-/m1/s1. The first-order chi connectivity index (χ1) is 15.4. The number of anilines is 1. The Balaban J connectivity index is 1.50. The Morgan fingerprint density at radius 3 is 2.62 bits per heavy atom. The molecule has 3 aromatic carbocycles. The van der Waals surface area contributed by atoms with Gasteiger partial charge in [0.25, 0.3) is 5.91 Å². The largest absolute Gasteiger partial charge is 0.484 e. The summed E-state index contributed by atoms with van der Waals surface area (Å²) in [5.74, 6) is 1.13. The van der Waals surface area contributed by atoms with Gasteiger partial charge in [-0.2, -0.15) is 0 Å². The highest BCUT2D eigenvalue weighted by molar-refractivity contribution is 6.33. The van der Waals surface area contributed by atoms with Crippen LogP contribution in [0.25, 0.3) is 22.6 Å². The van der Waals surface area contributed by atoms with Crippen LogP contribution in [0.3, 0.4) is 0 Å². The minimum absolute atomic E-state index is 0.163. The normalized spacial score (nSPS) is 12.0. The van der Waals surface area contributed by atoms with Crippen LogP contribution in [0.5, 0.6) is 5.75 Å². The number of halogens is 2. The molecule has 1 atom stereocenters. The summed E-state index contributed by atoms with van der Waals surface area (Å²) >= 11 is 12.1. The van der Waals surface area contributed by atoms with Crippen LogP contribution in [-0.2, 0) is 4.79 Å². The molecular weight excluding hydrogens is 447 g/mol. The number of aromatic nitrogens is 1. The molecule has 0 bridgehead atoms. The lowest BCUT2D eigenvalue weighted by molar-refractivity contribution is -0.118. The number of fused-ring (bicyclic) bond motifs is 1. The van der Waals surface area contributed by atoms with Crippen molar-refractivity contribution in [3.63, 3.8) is 0 Å². The van der Waals surface area contributed by atoms with Gasteiger partial charge in [0.05, 0.1) is 10.7 Å². The highest BCUT2D eigenvalue weighted by Crippen LogP contribution is 2.32. The van der Waals surface area contributed by atoms with E-state index in [4.69, 9.17) is 32.4 Å². The zero-order valence-electron chi connectivity index (χ0n) is 17.7. The predicted molar refractivity (Wildman–Crippen MR) is 129 cm³/mol. The quantitative estimate of drug-likeness (QED) is 0.308. The van der Waals surface area contributed by atoms with E-state index in [2.05, 4.69) is 36.3 Å². The summed E-state index contributed by atoms with van der Waals surface area (Å²) in [6, 6.07) is 18.1. The number of nitrogens with one attached hydrogen (secondary N) is 1. The van der Waals surface area contributed by atoms with Crippen LogP contribution in [0, 0.1) is 0 Å². The molecule has 0 saturated heterocycles. The number of nitrogens with zero attached hydrogens (tertiary/aromatic N) is 1. The van der Waals surface area contributed by atoms with Crippen molar-refractivity contribution in [2.45, 2.75) is 26.2 Å². The van der Waals surface area contributed by atoms with Crippen LogP contribution in [0.4, 0.5) is 5.69 Å². The predicted octanol–water partition coefficient (Wildman–Crippen LogP) is 7.33. The number of carbonyl (C=O) groups is 1.